The second-order valence-electron chi connectivity index (χ2n) is 4.38. The third-order valence-electron chi connectivity index (χ3n) is 2.49. The molecular formula is C13H13BrF3NO4. The monoisotopic (exact) mass is 383 g/mol. The summed E-state index contributed by atoms with van der Waals surface area (Å²) in [6.07, 6.45) is -4.92. The van der Waals surface area contributed by atoms with Crippen molar-refractivity contribution in [2.24, 2.45) is 0 Å². The number of carboxylic acid groups (broad SMARTS) is 1. The Balaban J connectivity index is 2.63. The van der Waals surface area contributed by atoms with Gasteiger partial charge in [0.2, 0.25) is 5.91 Å². The molecule has 1 aromatic rings. The fraction of sp³-hybridized carbons (Fsp3) is 0.385. The van der Waals surface area contributed by atoms with E-state index in [2.05, 4.69) is 26.0 Å². The molecule has 0 aliphatic rings. The molecule has 0 spiro atoms. The lowest BCUT2D eigenvalue weighted by Gasteiger charge is -2.18. The fourth-order valence-corrected chi connectivity index (χ4v) is 1.88. The van der Waals surface area contributed by atoms with E-state index >= 15 is 0 Å². The lowest BCUT2D eigenvalue weighted by Crippen LogP contribution is -2.34. The minimum Gasteiger partial charge on any atom is -0.481 e. The first-order chi connectivity index (χ1) is 10.2. The number of amides is 1. The molecule has 1 amide bonds. The molecule has 0 aromatic heterocycles. The average Bonchev–Trinajstić information content (AvgIpc) is 2.36. The third-order valence-corrected chi connectivity index (χ3v) is 3.01. The van der Waals surface area contributed by atoms with E-state index in [9.17, 15) is 22.8 Å². The highest BCUT2D eigenvalue weighted by atomic mass is 79.9. The predicted octanol–water partition coefficient (Wildman–Crippen LogP) is 2.66. The number of halogens is 4. The van der Waals surface area contributed by atoms with Crippen LogP contribution >= 0.6 is 15.9 Å². The van der Waals surface area contributed by atoms with Crippen molar-refractivity contribution in [3.05, 3.63) is 34.3 Å². The van der Waals surface area contributed by atoms with Crippen LogP contribution in [0.25, 0.3) is 0 Å². The maximum Gasteiger partial charge on any atom is 0.411 e. The Morgan fingerprint density at radius 3 is 2.36 bits per heavy atom. The van der Waals surface area contributed by atoms with Crippen molar-refractivity contribution in [3.8, 4) is 0 Å². The van der Waals surface area contributed by atoms with E-state index in [4.69, 9.17) is 5.11 Å². The Hall–Kier alpha value is -1.61. The highest BCUT2D eigenvalue weighted by Gasteiger charge is 2.28. The van der Waals surface area contributed by atoms with Crippen molar-refractivity contribution in [1.82, 2.24) is 5.32 Å². The molecule has 0 aliphatic heterocycles. The van der Waals surface area contributed by atoms with Crippen molar-refractivity contribution >= 4 is 27.8 Å². The summed E-state index contributed by atoms with van der Waals surface area (Å²) >= 11 is 3.22. The van der Waals surface area contributed by atoms with Crippen LogP contribution < -0.4 is 5.32 Å². The first-order valence-electron chi connectivity index (χ1n) is 6.08. The summed E-state index contributed by atoms with van der Waals surface area (Å²) in [6.45, 7) is -2.34. The van der Waals surface area contributed by atoms with Gasteiger partial charge in [-0.2, -0.15) is 13.2 Å². The summed E-state index contributed by atoms with van der Waals surface area (Å²) < 4.78 is 40.7. The molecule has 0 fully saturated rings. The molecule has 0 saturated carbocycles. The molecule has 0 radical (unpaired) electrons. The van der Waals surface area contributed by atoms with Gasteiger partial charge in [-0.1, -0.05) is 28.1 Å². The summed E-state index contributed by atoms with van der Waals surface area (Å²) in [4.78, 5) is 22.4. The van der Waals surface area contributed by atoms with Crippen LogP contribution in [0.3, 0.4) is 0 Å². The summed E-state index contributed by atoms with van der Waals surface area (Å²) in [5.41, 5.74) is 0.523. The van der Waals surface area contributed by atoms with Crippen LogP contribution in [0.4, 0.5) is 13.2 Å². The number of carbonyl (C=O) groups excluding carboxylic acids is 1. The van der Waals surface area contributed by atoms with Crippen molar-refractivity contribution in [2.75, 3.05) is 13.2 Å². The Bertz CT molecular complexity index is 519. The van der Waals surface area contributed by atoms with E-state index in [1.54, 1.807) is 24.3 Å². The number of nitrogens with one attached hydrogen (secondary N) is 1. The number of benzene rings is 1. The summed E-state index contributed by atoms with van der Waals surface area (Å²) in [5.74, 6) is -1.97. The molecule has 5 nitrogen and oxygen atoms in total. The summed E-state index contributed by atoms with van der Waals surface area (Å²) in [5, 5.41) is 11.2. The second kappa shape index (κ2) is 8.14. The summed E-state index contributed by atoms with van der Waals surface area (Å²) in [6, 6.07) is 5.68. The van der Waals surface area contributed by atoms with Crippen LogP contribution in [0.15, 0.2) is 28.7 Å². The molecule has 9 heteroatoms. The smallest absolute Gasteiger partial charge is 0.411 e. The SMILES string of the molecule is O=C(O)CC(NC(=O)COCC(F)(F)F)c1ccc(Br)cc1. The van der Waals surface area contributed by atoms with Crippen LogP contribution in [0.5, 0.6) is 0 Å². The number of aliphatic carboxylic acids is 1. The predicted molar refractivity (Wildman–Crippen MR) is 74.2 cm³/mol. The highest BCUT2D eigenvalue weighted by Crippen LogP contribution is 2.20. The lowest BCUT2D eigenvalue weighted by atomic mass is 10.0. The minimum atomic E-state index is -4.52. The topological polar surface area (TPSA) is 75.6 Å². The molecule has 122 valence electrons. The first-order valence-corrected chi connectivity index (χ1v) is 6.88. The van der Waals surface area contributed by atoms with Crippen LogP contribution in [0, 0.1) is 0 Å². The molecule has 22 heavy (non-hydrogen) atoms. The van der Waals surface area contributed by atoms with Gasteiger partial charge in [-0.05, 0) is 17.7 Å². The normalized spacial score (nSPS) is 12.7. The van der Waals surface area contributed by atoms with Gasteiger partial charge in [-0.25, -0.2) is 0 Å². The molecule has 0 bridgehead atoms. The number of hydrogen-bond donors (Lipinski definition) is 2. The molecule has 0 saturated heterocycles. The van der Waals surface area contributed by atoms with E-state index in [-0.39, 0.29) is 0 Å². The molecule has 0 aliphatic carbocycles. The molecule has 0 heterocycles. The highest BCUT2D eigenvalue weighted by molar-refractivity contribution is 9.10. The Labute approximate surface area is 132 Å². The number of carbonyl (C=O) groups is 2. The zero-order valence-corrected chi connectivity index (χ0v) is 12.8. The molecule has 2 N–H and O–H groups in total. The van der Waals surface area contributed by atoms with Crippen molar-refractivity contribution in [3.63, 3.8) is 0 Å². The maximum atomic E-state index is 11.9. The quantitative estimate of drug-likeness (QED) is 0.758. The van der Waals surface area contributed by atoms with Crippen LogP contribution in [-0.2, 0) is 14.3 Å². The Morgan fingerprint density at radius 2 is 1.86 bits per heavy atom. The van der Waals surface area contributed by atoms with Crippen LogP contribution in [0.2, 0.25) is 0 Å². The number of alkyl halides is 3. The van der Waals surface area contributed by atoms with Crippen molar-refractivity contribution in [2.45, 2.75) is 18.6 Å². The van der Waals surface area contributed by atoms with Crippen molar-refractivity contribution < 1.29 is 32.6 Å². The van der Waals surface area contributed by atoms with Gasteiger partial charge in [0.05, 0.1) is 12.5 Å². The van der Waals surface area contributed by atoms with Gasteiger partial charge < -0.3 is 15.2 Å². The molecule has 1 unspecified atom stereocenters. The third kappa shape index (κ3) is 7.41. The van der Waals surface area contributed by atoms with Crippen molar-refractivity contribution in [1.29, 1.82) is 0 Å². The van der Waals surface area contributed by atoms with Gasteiger partial charge in [-0.3, -0.25) is 9.59 Å². The number of hydrogen-bond acceptors (Lipinski definition) is 3. The summed E-state index contributed by atoms with van der Waals surface area (Å²) in [7, 11) is 0. The standard InChI is InChI=1S/C13H13BrF3NO4/c14-9-3-1-8(2-4-9)10(5-12(20)21)18-11(19)6-22-7-13(15,16)17/h1-4,10H,5-7H2,(H,18,19)(H,20,21). The Morgan fingerprint density at radius 1 is 1.27 bits per heavy atom. The van der Waals surface area contributed by atoms with E-state index < -0.39 is 43.7 Å². The van der Waals surface area contributed by atoms with Gasteiger partial charge in [0.25, 0.3) is 0 Å². The first kappa shape index (κ1) is 18.4. The molecule has 1 rings (SSSR count). The number of ether oxygens (including phenoxy) is 1. The van der Waals surface area contributed by atoms with Gasteiger partial charge in [0, 0.05) is 4.47 Å². The number of carboxylic acids is 1. The van der Waals surface area contributed by atoms with Crippen LogP contribution in [-0.4, -0.2) is 36.4 Å². The molecule has 1 aromatic carbocycles. The van der Waals surface area contributed by atoms with E-state index in [0.29, 0.717) is 5.56 Å². The van der Waals surface area contributed by atoms with Gasteiger partial charge in [0.15, 0.2) is 0 Å². The molecule has 1 atom stereocenters. The zero-order chi connectivity index (χ0) is 16.8. The van der Waals surface area contributed by atoms with E-state index in [0.717, 1.165) is 4.47 Å². The maximum absolute atomic E-state index is 11.9. The largest absolute Gasteiger partial charge is 0.481 e. The fourth-order valence-electron chi connectivity index (χ4n) is 1.62. The van der Waals surface area contributed by atoms with Gasteiger partial charge in [-0.15, -0.1) is 0 Å². The zero-order valence-electron chi connectivity index (χ0n) is 11.2. The lowest BCUT2D eigenvalue weighted by molar-refractivity contribution is -0.175. The molecular weight excluding hydrogens is 371 g/mol. The van der Waals surface area contributed by atoms with E-state index in [1.807, 2.05) is 0 Å². The van der Waals surface area contributed by atoms with Gasteiger partial charge in [0.1, 0.15) is 13.2 Å². The second-order valence-corrected chi connectivity index (χ2v) is 5.29. The minimum absolute atomic E-state index is 0.396. The van der Waals surface area contributed by atoms with Crippen LogP contribution in [0.1, 0.15) is 18.0 Å². The Kier molecular flexibility index (Phi) is 6.82. The average molecular weight is 384 g/mol. The van der Waals surface area contributed by atoms with E-state index in [1.165, 1.54) is 0 Å². The number of rotatable bonds is 7. The van der Waals surface area contributed by atoms with Gasteiger partial charge >= 0.3 is 12.1 Å².